The maximum Gasteiger partial charge on any atom is 0.335 e. The molecule has 0 atom stereocenters. The maximum atomic E-state index is 11.0. The fourth-order valence-electron chi connectivity index (χ4n) is 2.45. The van der Waals surface area contributed by atoms with E-state index in [0.717, 1.165) is 29.9 Å². The van der Waals surface area contributed by atoms with E-state index >= 15 is 0 Å². The predicted molar refractivity (Wildman–Crippen MR) is 90.3 cm³/mol. The molecule has 0 bridgehead atoms. The molecule has 3 aromatic rings. The van der Waals surface area contributed by atoms with E-state index in [-0.39, 0.29) is 0 Å². The number of aromatic carboxylic acids is 1. The minimum absolute atomic E-state index is 0.328. The fraction of sp³-hybridized carbons (Fsp3) is 0.150. The smallest absolute Gasteiger partial charge is 0.335 e. The van der Waals surface area contributed by atoms with Crippen molar-refractivity contribution in [3.8, 4) is 5.75 Å². The molecule has 24 heavy (non-hydrogen) atoms. The summed E-state index contributed by atoms with van der Waals surface area (Å²) in [5, 5.41) is 9.02. The molecule has 4 heteroatoms. The van der Waals surface area contributed by atoms with Crippen molar-refractivity contribution < 1.29 is 19.1 Å². The van der Waals surface area contributed by atoms with Gasteiger partial charge in [0.05, 0.1) is 11.8 Å². The number of carboxylic acid groups (broad SMARTS) is 1. The average Bonchev–Trinajstić information content (AvgIpc) is 3.13. The standard InChI is InChI=1S/C20H18O4/c21-20(22)17-4-1-3-16(13-17)7-6-15-8-10-18(11-9-15)24-14-19-5-2-12-23-19/h1-5,8-13H,6-7,14H2,(H,21,22). The van der Waals surface area contributed by atoms with Crippen LogP contribution in [0.25, 0.3) is 0 Å². The van der Waals surface area contributed by atoms with Gasteiger partial charge in [-0.3, -0.25) is 0 Å². The van der Waals surface area contributed by atoms with Crippen molar-refractivity contribution in [2.75, 3.05) is 0 Å². The van der Waals surface area contributed by atoms with Crippen LogP contribution >= 0.6 is 0 Å². The number of aryl methyl sites for hydroxylation is 2. The molecule has 0 radical (unpaired) electrons. The van der Waals surface area contributed by atoms with Crippen LogP contribution in [0, 0.1) is 0 Å². The second kappa shape index (κ2) is 7.51. The van der Waals surface area contributed by atoms with Crippen molar-refractivity contribution >= 4 is 5.97 Å². The third-order valence-corrected chi connectivity index (χ3v) is 3.76. The lowest BCUT2D eigenvalue weighted by Crippen LogP contribution is -1.98. The Morgan fingerprint density at radius 1 is 0.958 bits per heavy atom. The van der Waals surface area contributed by atoms with E-state index in [2.05, 4.69) is 0 Å². The Hall–Kier alpha value is -3.01. The monoisotopic (exact) mass is 322 g/mol. The molecule has 1 N–H and O–H groups in total. The number of ether oxygens (including phenoxy) is 1. The van der Waals surface area contributed by atoms with Gasteiger partial charge in [-0.2, -0.15) is 0 Å². The van der Waals surface area contributed by atoms with Crippen molar-refractivity contribution in [3.63, 3.8) is 0 Å². The number of hydrogen-bond donors (Lipinski definition) is 1. The van der Waals surface area contributed by atoms with Crippen LogP contribution in [0.15, 0.2) is 71.3 Å². The van der Waals surface area contributed by atoms with Gasteiger partial charge in [-0.25, -0.2) is 4.79 Å². The number of rotatable bonds is 7. The van der Waals surface area contributed by atoms with Crippen molar-refractivity contribution in [2.45, 2.75) is 19.4 Å². The highest BCUT2D eigenvalue weighted by atomic mass is 16.5. The molecule has 0 aliphatic carbocycles. The first-order chi connectivity index (χ1) is 11.7. The van der Waals surface area contributed by atoms with Crippen LogP contribution in [0.3, 0.4) is 0 Å². The maximum absolute atomic E-state index is 11.0. The van der Waals surface area contributed by atoms with Crippen LogP contribution in [-0.4, -0.2) is 11.1 Å². The first-order valence-electron chi connectivity index (χ1n) is 7.77. The van der Waals surface area contributed by atoms with Crippen LogP contribution in [0.4, 0.5) is 0 Å². The van der Waals surface area contributed by atoms with E-state index in [0.29, 0.717) is 12.2 Å². The largest absolute Gasteiger partial charge is 0.486 e. The summed E-state index contributed by atoms with van der Waals surface area (Å²) in [5.41, 5.74) is 2.53. The van der Waals surface area contributed by atoms with Gasteiger partial charge in [0, 0.05) is 0 Å². The summed E-state index contributed by atoms with van der Waals surface area (Å²) >= 11 is 0. The number of furan rings is 1. The Morgan fingerprint density at radius 3 is 2.46 bits per heavy atom. The first-order valence-corrected chi connectivity index (χ1v) is 7.77. The molecule has 0 amide bonds. The van der Waals surface area contributed by atoms with Gasteiger partial charge >= 0.3 is 5.97 Å². The van der Waals surface area contributed by atoms with Gasteiger partial charge in [-0.05, 0) is 60.4 Å². The molecule has 2 aromatic carbocycles. The average molecular weight is 322 g/mol. The van der Waals surface area contributed by atoms with Gasteiger partial charge in [0.1, 0.15) is 18.1 Å². The third-order valence-electron chi connectivity index (χ3n) is 3.76. The number of carboxylic acids is 1. The molecular formula is C20H18O4. The SMILES string of the molecule is O=C(O)c1cccc(CCc2ccc(OCc3ccco3)cc2)c1. The van der Waals surface area contributed by atoms with Crippen LogP contribution in [0.5, 0.6) is 5.75 Å². The Morgan fingerprint density at radius 2 is 1.75 bits per heavy atom. The molecule has 3 rings (SSSR count). The fourth-order valence-corrected chi connectivity index (χ4v) is 2.45. The second-order valence-corrected chi connectivity index (χ2v) is 5.52. The van der Waals surface area contributed by atoms with E-state index in [1.807, 2.05) is 42.5 Å². The van der Waals surface area contributed by atoms with Crippen LogP contribution in [0.1, 0.15) is 27.2 Å². The molecule has 0 fully saturated rings. The highest BCUT2D eigenvalue weighted by Gasteiger charge is 2.04. The summed E-state index contributed by atoms with van der Waals surface area (Å²) in [6, 6.07) is 18.7. The zero-order valence-corrected chi connectivity index (χ0v) is 13.1. The Balaban J connectivity index is 1.54. The van der Waals surface area contributed by atoms with Gasteiger partial charge in [0.15, 0.2) is 0 Å². The van der Waals surface area contributed by atoms with Crippen LogP contribution in [0.2, 0.25) is 0 Å². The van der Waals surface area contributed by atoms with E-state index < -0.39 is 5.97 Å². The Labute approximate surface area is 140 Å². The Kier molecular flexibility index (Phi) is 4.96. The lowest BCUT2D eigenvalue weighted by atomic mass is 10.0. The van der Waals surface area contributed by atoms with Crippen LogP contribution in [-0.2, 0) is 19.4 Å². The number of hydrogen-bond acceptors (Lipinski definition) is 3. The zero-order chi connectivity index (χ0) is 16.8. The highest BCUT2D eigenvalue weighted by Crippen LogP contribution is 2.16. The summed E-state index contributed by atoms with van der Waals surface area (Å²) in [6.07, 6.45) is 3.27. The highest BCUT2D eigenvalue weighted by molar-refractivity contribution is 5.87. The van der Waals surface area contributed by atoms with Gasteiger partial charge in [-0.15, -0.1) is 0 Å². The molecule has 0 spiro atoms. The number of benzene rings is 2. The van der Waals surface area contributed by atoms with Crippen molar-refractivity contribution in [3.05, 3.63) is 89.4 Å². The lowest BCUT2D eigenvalue weighted by Gasteiger charge is -2.07. The van der Waals surface area contributed by atoms with Gasteiger partial charge in [-0.1, -0.05) is 24.3 Å². The van der Waals surface area contributed by atoms with Gasteiger partial charge < -0.3 is 14.3 Å². The molecule has 4 nitrogen and oxygen atoms in total. The number of carbonyl (C=O) groups is 1. The Bertz CT molecular complexity index is 789. The van der Waals surface area contributed by atoms with Gasteiger partial charge in [0.2, 0.25) is 0 Å². The molecule has 0 aliphatic heterocycles. The summed E-state index contributed by atoms with van der Waals surface area (Å²) in [4.78, 5) is 11.0. The molecule has 0 saturated heterocycles. The van der Waals surface area contributed by atoms with Crippen LogP contribution < -0.4 is 4.74 Å². The van der Waals surface area contributed by atoms with E-state index in [1.165, 1.54) is 5.56 Å². The lowest BCUT2D eigenvalue weighted by molar-refractivity contribution is 0.0696. The summed E-state index contributed by atoms with van der Waals surface area (Å²) in [7, 11) is 0. The summed E-state index contributed by atoms with van der Waals surface area (Å²) in [6.45, 7) is 0.411. The molecule has 0 aliphatic rings. The molecular weight excluding hydrogens is 304 g/mol. The van der Waals surface area contributed by atoms with Crippen molar-refractivity contribution in [1.29, 1.82) is 0 Å². The topological polar surface area (TPSA) is 59.7 Å². The normalized spacial score (nSPS) is 10.5. The molecule has 1 aromatic heterocycles. The molecule has 122 valence electrons. The predicted octanol–water partition coefficient (Wildman–Crippen LogP) is 4.34. The summed E-state index contributed by atoms with van der Waals surface area (Å²) < 4.78 is 10.9. The third kappa shape index (κ3) is 4.26. The quantitative estimate of drug-likeness (QED) is 0.703. The second-order valence-electron chi connectivity index (χ2n) is 5.52. The minimum Gasteiger partial charge on any atom is -0.486 e. The molecule has 1 heterocycles. The minimum atomic E-state index is -0.894. The van der Waals surface area contributed by atoms with Gasteiger partial charge in [0.25, 0.3) is 0 Å². The molecule has 0 saturated carbocycles. The van der Waals surface area contributed by atoms with E-state index in [1.54, 1.807) is 24.5 Å². The van der Waals surface area contributed by atoms with Crippen molar-refractivity contribution in [1.82, 2.24) is 0 Å². The molecule has 0 unspecified atom stereocenters. The van der Waals surface area contributed by atoms with E-state index in [4.69, 9.17) is 14.3 Å². The zero-order valence-electron chi connectivity index (χ0n) is 13.1. The van der Waals surface area contributed by atoms with E-state index in [9.17, 15) is 4.79 Å². The first kappa shape index (κ1) is 15.9. The summed E-state index contributed by atoms with van der Waals surface area (Å²) in [5.74, 6) is 0.690. The van der Waals surface area contributed by atoms with Crippen molar-refractivity contribution in [2.24, 2.45) is 0 Å².